The zero-order valence-corrected chi connectivity index (χ0v) is 10.3. The summed E-state index contributed by atoms with van der Waals surface area (Å²) < 4.78 is 30.3. The summed E-state index contributed by atoms with van der Waals surface area (Å²) in [6, 6.07) is 5.36. The van der Waals surface area contributed by atoms with Gasteiger partial charge in [-0.15, -0.1) is 0 Å². The molecule has 17 heavy (non-hydrogen) atoms. The van der Waals surface area contributed by atoms with Crippen molar-refractivity contribution in [2.75, 3.05) is 5.32 Å². The number of carbonyl (C=O) groups is 1. The van der Waals surface area contributed by atoms with Crippen LogP contribution in [0.5, 0.6) is 0 Å². The van der Waals surface area contributed by atoms with Gasteiger partial charge in [0.25, 0.3) is 10.1 Å². The van der Waals surface area contributed by atoms with Crippen LogP contribution in [0.15, 0.2) is 29.2 Å². The Morgan fingerprint density at radius 2 is 1.88 bits per heavy atom. The van der Waals surface area contributed by atoms with Crippen LogP contribution in [-0.4, -0.2) is 18.9 Å². The van der Waals surface area contributed by atoms with Crippen molar-refractivity contribution < 1.29 is 17.8 Å². The van der Waals surface area contributed by atoms with Crippen molar-refractivity contribution in [3.63, 3.8) is 0 Å². The number of unbranched alkanes of at least 4 members (excludes halogenated alkanes) is 1. The van der Waals surface area contributed by atoms with Gasteiger partial charge in [0, 0.05) is 12.1 Å². The number of carbonyl (C=O) groups excluding carboxylic acids is 1. The van der Waals surface area contributed by atoms with Crippen LogP contribution in [0.1, 0.15) is 26.2 Å². The molecule has 0 aliphatic rings. The maximum Gasteiger partial charge on any atom is 0.294 e. The number of amides is 1. The molecule has 5 nitrogen and oxygen atoms in total. The summed E-state index contributed by atoms with van der Waals surface area (Å²) in [5.41, 5.74) is 0.513. The molecule has 0 heterocycles. The molecule has 94 valence electrons. The summed E-state index contributed by atoms with van der Waals surface area (Å²) >= 11 is 0. The normalized spacial score (nSPS) is 11.2. The predicted molar refractivity (Wildman–Crippen MR) is 64.4 cm³/mol. The Bertz CT molecular complexity index is 479. The molecule has 0 radical (unpaired) electrons. The molecule has 0 aliphatic heterocycles. The third-order valence-corrected chi connectivity index (χ3v) is 3.06. The summed E-state index contributed by atoms with van der Waals surface area (Å²) in [5.74, 6) is -0.105. The fourth-order valence-corrected chi connectivity index (χ4v) is 1.75. The van der Waals surface area contributed by atoms with E-state index in [0.29, 0.717) is 12.1 Å². The van der Waals surface area contributed by atoms with E-state index in [9.17, 15) is 13.2 Å². The second-order valence-electron chi connectivity index (χ2n) is 3.65. The summed E-state index contributed by atoms with van der Waals surface area (Å²) in [6.07, 6.45) is 2.20. The zero-order valence-electron chi connectivity index (χ0n) is 9.51. The van der Waals surface area contributed by atoms with E-state index in [2.05, 4.69) is 5.32 Å². The number of anilines is 1. The molecular weight excluding hydrogens is 242 g/mol. The van der Waals surface area contributed by atoms with Gasteiger partial charge in [-0.3, -0.25) is 9.35 Å². The van der Waals surface area contributed by atoms with Crippen LogP contribution < -0.4 is 5.32 Å². The summed E-state index contributed by atoms with van der Waals surface area (Å²) in [6.45, 7) is 1.99. The highest BCUT2D eigenvalue weighted by Gasteiger charge is 2.09. The third-order valence-electron chi connectivity index (χ3n) is 2.19. The minimum Gasteiger partial charge on any atom is -0.326 e. The van der Waals surface area contributed by atoms with Crippen molar-refractivity contribution >= 4 is 21.7 Å². The van der Waals surface area contributed by atoms with Crippen LogP contribution in [0.3, 0.4) is 0 Å². The van der Waals surface area contributed by atoms with Crippen molar-refractivity contribution in [3.8, 4) is 0 Å². The minimum atomic E-state index is -4.17. The van der Waals surface area contributed by atoms with E-state index < -0.39 is 10.1 Å². The van der Waals surface area contributed by atoms with E-state index in [1.807, 2.05) is 6.92 Å². The first-order valence-electron chi connectivity index (χ1n) is 5.31. The molecule has 6 heteroatoms. The first kappa shape index (κ1) is 13.7. The highest BCUT2D eigenvalue weighted by Crippen LogP contribution is 2.14. The van der Waals surface area contributed by atoms with Crippen molar-refractivity contribution in [2.24, 2.45) is 0 Å². The van der Waals surface area contributed by atoms with Gasteiger partial charge in [0.15, 0.2) is 0 Å². The van der Waals surface area contributed by atoms with Crippen LogP contribution in [0.4, 0.5) is 5.69 Å². The highest BCUT2D eigenvalue weighted by atomic mass is 32.2. The summed E-state index contributed by atoms with van der Waals surface area (Å²) in [5, 5.41) is 2.64. The maximum atomic E-state index is 11.4. The fourth-order valence-electron chi connectivity index (χ4n) is 1.27. The Hall–Kier alpha value is -1.40. The van der Waals surface area contributed by atoms with Gasteiger partial charge < -0.3 is 5.32 Å². The first-order valence-corrected chi connectivity index (χ1v) is 6.75. The molecule has 0 spiro atoms. The average Bonchev–Trinajstić information content (AvgIpc) is 2.26. The largest absolute Gasteiger partial charge is 0.326 e. The summed E-state index contributed by atoms with van der Waals surface area (Å²) in [4.78, 5) is 11.2. The Balaban J connectivity index is 2.66. The molecule has 0 aromatic heterocycles. The van der Waals surface area contributed by atoms with Gasteiger partial charge in [-0.1, -0.05) is 13.3 Å². The van der Waals surface area contributed by atoms with Crippen LogP contribution in [0.25, 0.3) is 0 Å². The molecule has 0 atom stereocenters. The maximum absolute atomic E-state index is 11.4. The van der Waals surface area contributed by atoms with Gasteiger partial charge >= 0.3 is 0 Å². The number of hydrogen-bond donors (Lipinski definition) is 2. The third kappa shape index (κ3) is 4.54. The molecule has 2 N–H and O–H groups in total. The number of rotatable bonds is 5. The number of hydrogen-bond acceptors (Lipinski definition) is 3. The van der Waals surface area contributed by atoms with E-state index in [1.165, 1.54) is 24.3 Å². The van der Waals surface area contributed by atoms with Crippen molar-refractivity contribution in [3.05, 3.63) is 24.3 Å². The van der Waals surface area contributed by atoms with E-state index in [-0.39, 0.29) is 10.8 Å². The van der Waals surface area contributed by atoms with Gasteiger partial charge in [0.2, 0.25) is 5.91 Å². The fraction of sp³-hybridized carbons (Fsp3) is 0.364. The van der Waals surface area contributed by atoms with Crippen LogP contribution in [-0.2, 0) is 14.9 Å². The standard InChI is InChI=1S/C11H15NO4S/c1-2-3-4-11(13)12-9-5-7-10(8-6-9)17(14,15)16/h5-8H,2-4H2,1H3,(H,12,13)(H,14,15,16). The van der Waals surface area contributed by atoms with Gasteiger partial charge in [0.05, 0.1) is 4.90 Å². The lowest BCUT2D eigenvalue weighted by Gasteiger charge is -2.05. The summed E-state index contributed by atoms with van der Waals surface area (Å²) in [7, 11) is -4.17. The molecule has 0 saturated carbocycles. The zero-order chi connectivity index (χ0) is 12.9. The quantitative estimate of drug-likeness (QED) is 0.791. The molecule has 0 aliphatic carbocycles. The Morgan fingerprint density at radius 3 is 2.35 bits per heavy atom. The molecule has 0 fully saturated rings. The van der Waals surface area contributed by atoms with Gasteiger partial charge in [-0.2, -0.15) is 8.42 Å². The Kier molecular flexibility index (Phi) is 4.65. The van der Waals surface area contributed by atoms with Crippen molar-refractivity contribution in [1.29, 1.82) is 0 Å². The molecule has 1 rings (SSSR count). The van der Waals surface area contributed by atoms with Crippen LogP contribution in [0, 0.1) is 0 Å². The first-order chi connectivity index (χ1) is 7.93. The van der Waals surface area contributed by atoms with E-state index in [1.54, 1.807) is 0 Å². The topological polar surface area (TPSA) is 83.5 Å². The Labute approximate surface area is 101 Å². The van der Waals surface area contributed by atoms with Crippen molar-refractivity contribution in [2.45, 2.75) is 31.1 Å². The van der Waals surface area contributed by atoms with Crippen LogP contribution in [0.2, 0.25) is 0 Å². The number of benzene rings is 1. The molecule has 0 bridgehead atoms. The molecule has 0 saturated heterocycles. The van der Waals surface area contributed by atoms with E-state index in [0.717, 1.165) is 12.8 Å². The van der Waals surface area contributed by atoms with Gasteiger partial charge in [0.1, 0.15) is 0 Å². The predicted octanol–water partition coefficient (Wildman–Crippen LogP) is 2.06. The second-order valence-corrected chi connectivity index (χ2v) is 5.07. The lowest BCUT2D eigenvalue weighted by Crippen LogP contribution is -2.11. The lowest BCUT2D eigenvalue weighted by molar-refractivity contribution is -0.116. The smallest absolute Gasteiger partial charge is 0.294 e. The monoisotopic (exact) mass is 257 g/mol. The van der Waals surface area contributed by atoms with E-state index in [4.69, 9.17) is 4.55 Å². The number of nitrogens with one attached hydrogen (secondary N) is 1. The molecular formula is C11H15NO4S. The van der Waals surface area contributed by atoms with Crippen LogP contribution >= 0.6 is 0 Å². The van der Waals surface area contributed by atoms with Crippen molar-refractivity contribution in [1.82, 2.24) is 0 Å². The lowest BCUT2D eigenvalue weighted by atomic mass is 10.2. The highest BCUT2D eigenvalue weighted by molar-refractivity contribution is 7.85. The molecule has 1 aromatic carbocycles. The molecule has 1 amide bonds. The Morgan fingerprint density at radius 1 is 1.29 bits per heavy atom. The van der Waals surface area contributed by atoms with Gasteiger partial charge in [-0.05, 0) is 30.7 Å². The van der Waals surface area contributed by atoms with Gasteiger partial charge in [-0.25, -0.2) is 0 Å². The molecule has 0 unspecified atom stereocenters. The minimum absolute atomic E-state index is 0.105. The second kappa shape index (κ2) is 5.79. The SMILES string of the molecule is CCCCC(=O)Nc1ccc(S(=O)(=O)O)cc1. The average molecular weight is 257 g/mol. The molecule has 1 aromatic rings. The van der Waals surface area contributed by atoms with E-state index >= 15 is 0 Å².